The maximum absolute atomic E-state index is 5.73. The number of rotatable bonds is 2. The van der Waals surface area contributed by atoms with Gasteiger partial charge in [0.2, 0.25) is 0 Å². The Labute approximate surface area is 98.4 Å². The van der Waals surface area contributed by atoms with Crippen molar-refractivity contribution in [1.29, 1.82) is 0 Å². The number of allylic oxidation sites excluding steroid dienone is 1. The van der Waals surface area contributed by atoms with Crippen molar-refractivity contribution >= 4 is 0 Å². The van der Waals surface area contributed by atoms with Gasteiger partial charge in [-0.05, 0) is 28.9 Å². The molecular formula is C15H21N. The maximum Gasteiger partial charge on any atom is 0.00533 e. The highest BCUT2D eigenvalue weighted by atomic mass is 14.6. The first-order chi connectivity index (χ1) is 7.39. The summed E-state index contributed by atoms with van der Waals surface area (Å²) in [6.07, 6.45) is 1.17. The van der Waals surface area contributed by atoms with E-state index >= 15 is 0 Å². The topological polar surface area (TPSA) is 26.0 Å². The summed E-state index contributed by atoms with van der Waals surface area (Å²) >= 11 is 0. The second kappa shape index (κ2) is 3.65. The van der Waals surface area contributed by atoms with Gasteiger partial charge in [0, 0.05) is 11.6 Å². The third-order valence-electron chi connectivity index (χ3n) is 3.47. The summed E-state index contributed by atoms with van der Waals surface area (Å²) in [5.41, 5.74) is 9.60. The zero-order valence-corrected chi connectivity index (χ0v) is 10.5. The van der Waals surface area contributed by atoms with E-state index in [2.05, 4.69) is 51.6 Å². The van der Waals surface area contributed by atoms with Crippen LogP contribution >= 0.6 is 0 Å². The van der Waals surface area contributed by atoms with Crippen molar-refractivity contribution in [3.8, 4) is 0 Å². The van der Waals surface area contributed by atoms with Crippen LogP contribution in [0.25, 0.3) is 0 Å². The minimum atomic E-state index is 0.235. The van der Waals surface area contributed by atoms with Crippen molar-refractivity contribution in [3.63, 3.8) is 0 Å². The molecule has 0 spiro atoms. The van der Waals surface area contributed by atoms with E-state index in [4.69, 9.17) is 5.73 Å². The van der Waals surface area contributed by atoms with Gasteiger partial charge in [-0.3, -0.25) is 0 Å². The molecule has 0 bridgehead atoms. The molecule has 1 nitrogen and oxygen atoms in total. The van der Waals surface area contributed by atoms with Gasteiger partial charge in [-0.15, -0.1) is 0 Å². The molecule has 2 unspecified atom stereocenters. The van der Waals surface area contributed by atoms with Gasteiger partial charge in [0.05, 0.1) is 0 Å². The van der Waals surface area contributed by atoms with Crippen LogP contribution in [-0.4, -0.2) is 0 Å². The molecule has 1 fully saturated rings. The maximum atomic E-state index is 5.73. The molecule has 1 aromatic carbocycles. The molecule has 1 saturated carbocycles. The van der Waals surface area contributed by atoms with E-state index in [1.807, 2.05) is 0 Å². The summed E-state index contributed by atoms with van der Waals surface area (Å²) in [5.74, 6) is 1.13. The normalized spacial score (nSPS) is 24.2. The first kappa shape index (κ1) is 11.3. The van der Waals surface area contributed by atoms with E-state index in [0.29, 0.717) is 11.8 Å². The predicted octanol–water partition coefficient (Wildman–Crippen LogP) is 3.56. The third kappa shape index (κ3) is 2.13. The molecule has 1 aliphatic rings. The molecule has 0 aliphatic heterocycles. The highest BCUT2D eigenvalue weighted by Crippen LogP contribution is 2.50. The summed E-state index contributed by atoms with van der Waals surface area (Å²) in [5, 5.41) is 0. The fourth-order valence-electron chi connectivity index (χ4n) is 2.20. The number of hydrogen-bond donors (Lipinski definition) is 1. The van der Waals surface area contributed by atoms with Gasteiger partial charge in [0.1, 0.15) is 0 Å². The van der Waals surface area contributed by atoms with Gasteiger partial charge in [-0.1, -0.05) is 51.6 Å². The minimum absolute atomic E-state index is 0.235. The smallest absolute Gasteiger partial charge is 0.00533 e. The summed E-state index contributed by atoms with van der Waals surface area (Å²) in [7, 11) is 0. The van der Waals surface area contributed by atoms with Crippen LogP contribution in [0.5, 0.6) is 0 Å². The van der Waals surface area contributed by atoms with Crippen molar-refractivity contribution < 1.29 is 0 Å². The number of hydrogen-bond acceptors (Lipinski definition) is 1. The first-order valence-corrected chi connectivity index (χ1v) is 5.94. The van der Waals surface area contributed by atoms with Crippen molar-refractivity contribution in [2.75, 3.05) is 0 Å². The SMILES string of the molecule is C=C(N)C1CC1c1ccc(C(C)(C)C)cc1. The van der Waals surface area contributed by atoms with Crippen LogP contribution in [0, 0.1) is 5.92 Å². The number of nitrogens with two attached hydrogens (primary N) is 1. The fourth-order valence-corrected chi connectivity index (χ4v) is 2.20. The lowest BCUT2D eigenvalue weighted by Crippen LogP contribution is -2.10. The lowest BCUT2D eigenvalue weighted by Gasteiger charge is -2.19. The van der Waals surface area contributed by atoms with E-state index < -0.39 is 0 Å². The van der Waals surface area contributed by atoms with Crippen molar-refractivity contribution in [3.05, 3.63) is 47.7 Å². The molecule has 16 heavy (non-hydrogen) atoms. The highest BCUT2D eigenvalue weighted by Gasteiger charge is 2.39. The van der Waals surface area contributed by atoms with E-state index in [0.717, 1.165) is 5.70 Å². The minimum Gasteiger partial charge on any atom is -0.402 e. The van der Waals surface area contributed by atoms with Gasteiger partial charge in [0.15, 0.2) is 0 Å². The Kier molecular flexibility index (Phi) is 2.57. The van der Waals surface area contributed by atoms with E-state index in [1.165, 1.54) is 17.5 Å². The van der Waals surface area contributed by atoms with Crippen LogP contribution in [0.4, 0.5) is 0 Å². The number of benzene rings is 1. The molecule has 1 aromatic rings. The van der Waals surface area contributed by atoms with E-state index in [1.54, 1.807) is 0 Å². The van der Waals surface area contributed by atoms with Crippen LogP contribution in [-0.2, 0) is 5.41 Å². The monoisotopic (exact) mass is 215 g/mol. The summed E-state index contributed by atoms with van der Waals surface area (Å²) in [6, 6.07) is 8.97. The Morgan fingerprint density at radius 2 is 1.81 bits per heavy atom. The molecule has 0 radical (unpaired) electrons. The summed E-state index contributed by atoms with van der Waals surface area (Å²) in [4.78, 5) is 0. The Bertz CT molecular complexity index is 394. The van der Waals surface area contributed by atoms with Crippen molar-refractivity contribution in [2.24, 2.45) is 11.7 Å². The molecule has 2 atom stereocenters. The average molecular weight is 215 g/mol. The van der Waals surface area contributed by atoms with Crippen LogP contribution in [0.1, 0.15) is 44.2 Å². The molecule has 1 aliphatic carbocycles. The van der Waals surface area contributed by atoms with Gasteiger partial charge < -0.3 is 5.73 Å². The molecule has 0 heterocycles. The van der Waals surface area contributed by atoms with Crippen LogP contribution in [0.2, 0.25) is 0 Å². The second-order valence-electron chi connectivity index (χ2n) is 5.90. The Hall–Kier alpha value is -1.24. The zero-order valence-electron chi connectivity index (χ0n) is 10.5. The Morgan fingerprint density at radius 1 is 1.25 bits per heavy atom. The average Bonchev–Trinajstić information content (AvgIpc) is 2.96. The lowest BCUT2D eigenvalue weighted by atomic mass is 9.86. The first-order valence-electron chi connectivity index (χ1n) is 5.94. The van der Waals surface area contributed by atoms with Gasteiger partial charge >= 0.3 is 0 Å². The zero-order chi connectivity index (χ0) is 11.9. The van der Waals surface area contributed by atoms with E-state index in [-0.39, 0.29) is 5.41 Å². The van der Waals surface area contributed by atoms with Crippen molar-refractivity contribution in [1.82, 2.24) is 0 Å². The van der Waals surface area contributed by atoms with Gasteiger partial charge in [-0.2, -0.15) is 0 Å². The molecule has 86 valence electrons. The predicted molar refractivity (Wildman–Crippen MR) is 69.3 cm³/mol. The van der Waals surface area contributed by atoms with Crippen LogP contribution in [0.3, 0.4) is 0 Å². The standard InChI is InChI=1S/C15H21N/c1-10(16)13-9-14(13)11-5-7-12(8-6-11)15(2,3)4/h5-8,13-14H,1,9,16H2,2-4H3. The fraction of sp³-hybridized carbons (Fsp3) is 0.467. The molecular weight excluding hydrogens is 194 g/mol. The summed E-state index contributed by atoms with van der Waals surface area (Å²) in [6.45, 7) is 10.5. The second-order valence-corrected chi connectivity index (χ2v) is 5.90. The molecule has 0 aromatic heterocycles. The molecule has 2 N–H and O–H groups in total. The molecule has 0 saturated heterocycles. The highest BCUT2D eigenvalue weighted by molar-refractivity contribution is 5.34. The molecule has 2 rings (SSSR count). The molecule has 1 heteroatoms. The molecule has 0 amide bonds. The van der Waals surface area contributed by atoms with Crippen LogP contribution < -0.4 is 5.73 Å². The lowest BCUT2D eigenvalue weighted by molar-refractivity contribution is 0.590. The van der Waals surface area contributed by atoms with Gasteiger partial charge in [-0.25, -0.2) is 0 Å². The van der Waals surface area contributed by atoms with Gasteiger partial charge in [0.25, 0.3) is 0 Å². The summed E-state index contributed by atoms with van der Waals surface area (Å²) < 4.78 is 0. The quantitative estimate of drug-likeness (QED) is 0.802. The Balaban J connectivity index is 2.13. The Morgan fingerprint density at radius 3 is 2.19 bits per heavy atom. The third-order valence-corrected chi connectivity index (χ3v) is 3.47. The largest absolute Gasteiger partial charge is 0.402 e. The van der Waals surface area contributed by atoms with E-state index in [9.17, 15) is 0 Å². The van der Waals surface area contributed by atoms with Crippen LogP contribution in [0.15, 0.2) is 36.5 Å². The van der Waals surface area contributed by atoms with Crippen molar-refractivity contribution in [2.45, 2.75) is 38.5 Å².